The number of hydrogen-bond donors (Lipinski definition) is 0. The molecule has 2 atom stereocenters. The van der Waals surface area contributed by atoms with Gasteiger partial charge in [-0.05, 0) is 56.5 Å². The van der Waals surface area contributed by atoms with Crippen molar-refractivity contribution < 1.29 is 9.53 Å². The molecule has 1 heterocycles. The minimum absolute atomic E-state index is 0.0432. The summed E-state index contributed by atoms with van der Waals surface area (Å²) in [6.45, 7) is 7.56. The topological polar surface area (TPSA) is 29.5 Å². The first-order valence-corrected chi connectivity index (χ1v) is 7.48. The summed E-state index contributed by atoms with van der Waals surface area (Å²) in [7, 11) is 1.64. The van der Waals surface area contributed by atoms with Crippen LogP contribution in [0.25, 0.3) is 0 Å². The van der Waals surface area contributed by atoms with Gasteiger partial charge in [0.1, 0.15) is 5.75 Å². The first-order valence-electron chi connectivity index (χ1n) is 7.48. The average molecular weight is 275 g/mol. The molecule has 2 rings (SSSR count). The maximum atomic E-state index is 12.6. The monoisotopic (exact) mass is 275 g/mol. The highest BCUT2D eigenvalue weighted by molar-refractivity contribution is 6.00. The van der Waals surface area contributed by atoms with Gasteiger partial charge in [-0.2, -0.15) is 0 Å². The minimum atomic E-state index is -0.0432. The van der Waals surface area contributed by atoms with E-state index in [9.17, 15) is 4.79 Å². The highest BCUT2D eigenvalue weighted by Crippen LogP contribution is 2.27. The predicted octanol–water partition coefficient (Wildman–Crippen LogP) is 3.39. The maximum Gasteiger partial charge on any atom is 0.179 e. The minimum Gasteiger partial charge on any atom is -0.497 e. The van der Waals surface area contributed by atoms with Gasteiger partial charge in [-0.3, -0.25) is 9.69 Å². The fraction of sp³-hybridized carbons (Fsp3) is 0.588. The van der Waals surface area contributed by atoms with Crippen LogP contribution in [-0.4, -0.2) is 36.4 Å². The van der Waals surface area contributed by atoms with Crippen molar-refractivity contribution in [1.82, 2.24) is 4.90 Å². The van der Waals surface area contributed by atoms with Gasteiger partial charge in [0, 0.05) is 11.6 Å². The molecule has 0 radical (unpaired) electrons. The van der Waals surface area contributed by atoms with Gasteiger partial charge in [-0.15, -0.1) is 0 Å². The Hall–Kier alpha value is -1.35. The second kappa shape index (κ2) is 6.40. The van der Waals surface area contributed by atoms with E-state index >= 15 is 0 Å². The molecule has 0 amide bonds. The van der Waals surface area contributed by atoms with Crippen molar-refractivity contribution >= 4 is 5.78 Å². The van der Waals surface area contributed by atoms with Crippen LogP contribution in [0.2, 0.25) is 0 Å². The quantitative estimate of drug-likeness (QED) is 0.771. The molecule has 0 saturated carbocycles. The van der Waals surface area contributed by atoms with Crippen molar-refractivity contribution in [2.45, 2.75) is 45.7 Å². The van der Waals surface area contributed by atoms with Crippen molar-refractivity contribution in [3.63, 3.8) is 0 Å². The first-order chi connectivity index (χ1) is 9.54. The van der Waals surface area contributed by atoms with Crippen LogP contribution in [0.1, 0.15) is 44.0 Å². The van der Waals surface area contributed by atoms with Crippen molar-refractivity contribution in [3.05, 3.63) is 29.8 Å². The van der Waals surface area contributed by atoms with Crippen molar-refractivity contribution in [2.75, 3.05) is 13.7 Å². The van der Waals surface area contributed by atoms with E-state index in [1.807, 2.05) is 31.2 Å². The lowest BCUT2D eigenvalue weighted by atomic mass is 9.98. The number of benzene rings is 1. The summed E-state index contributed by atoms with van der Waals surface area (Å²) in [5.74, 6) is 1.60. The highest BCUT2D eigenvalue weighted by Gasteiger charge is 2.33. The average Bonchev–Trinajstić information content (AvgIpc) is 2.95. The Balaban J connectivity index is 2.11. The number of methoxy groups -OCH3 is 1. The van der Waals surface area contributed by atoms with Crippen LogP contribution >= 0.6 is 0 Å². The van der Waals surface area contributed by atoms with Gasteiger partial charge >= 0.3 is 0 Å². The molecular formula is C17H25NO2. The van der Waals surface area contributed by atoms with E-state index in [0.717, 1.165) is 17.9 Å². The molecule has 1 aliphatic heterocycles. The van der Waals surface area contributed by atoms with Crippen molar-refractivity contribution in [1.29, 1.82) is 0 Å². The molecule has 1 aromatic carbocycles. The molecule has 1 saturated heterocycles. The van der Waals surface area contributed by atoms with Gasteiger partial charge in [-0.1, -0.05) is 13.8 Å². The molecule has 1 fully saturated rings. The lowest BCUT2D eigenvalue weighted by molar-refractivity contribution is 0.0785. The van der Waals surface area contributed by atoms with Crippen LogP contribution in [0.3, 0.4) is 0 Å². The number of hydrogen-bond acceptors (Lipinski definition) is 3. The second-order valence-corrected chi connectivity index (χ2v) is 5.96. The SMILES string of the molecule is COc1ccc(C(=O)C(C)N2CCCC2C(C)C)cc1. The Morgan fingerprint density at radius 1 is 1.25 bits per heavy atom. The van der Waals surface area contributed by atoms with Crippen molar-refractivity contribution in [2.24, 2.45) is 5.92 Å². The second-order valence-electron chi connectivity index (χ2n) is 5.96. The molecule has 3 heteroatoms. The van der Waals surface area contributed by atoms with Gasteiger partial charge in [-0.25, -0.2) is 0 Å². The lowest BCUT2D eigenvalue weighted by Crippen LogP contribution is -2.44. The number of ketones is 1. The summed E-state index contributed by atoms with van der Waals surface area (Å²) < 4.78 is 5.14. The van der Waals surface area contributed by atoms with Gasteiger partial charge in [0.25, 0.3) is 0 Å². The normalized spacial score (nSPS) is 21.1. The molecule has 20 heavy (non-hydrogen) atoms. The van der Waals surface area contributed by atoms with Gasteiger partial charge < -0.3 is 4.74 Å². The molecule has 3 nitrogen and oxygen atoms in total. The largest absolute Gasteiger partial charge is 0.497 e. The van der Waals surface area contributed by atoms with Crippen LogP contribution in [0, 0.1) is 5.92 Å². The Kier molecular flexibility index (Phi) is 4.81. The molecule has 0 aliphatic carbocycles. The number of Topliss-reactive ketones (excluding diaryl/α,β-unsaturated/α-hetero) is 1. The van der Waals surface area contributed by atoms with E-state index in [2.05, 4.69) is 18.7 Å². The summed E-state index contributed by atoms with van der Waals surface area (Å²) in [5, 5.41) is 0. The Labute approximate surface area is 121 Å². The molecular weight excluding hydrogens is 250 g/mol. The van der Waals surface area contributed by atoms with E-state index in [1.54, 1.807) is 7.11 Å². The summed E-state index contributed by atoms with van der Waals surface area (Å²) in [5.41, 5.74) is 0.771. The summed E-state index contributed by atoms with van der Waals surface area (Å²) >= 11 is 0. The Bertz CT molecular complexity index is 453. The predicted molar refractivity (Wildman–Crippen MR) is 81.4 cm³/mol. The summed E-state index contributed by atoms with van der Waals surface area (Å²) in [6.07, 6.45) is 2.40. The van der Waals surface area contributed by atoms with Gasteiger partial charge in [0.05, 0.1) is 13.2 Å². The third kappa shape index (κ3) is 3.04. The molecule has 1 aromatic rings. The molecule has 2 unspecified atom stereocenters. The van der Waals surface area contributed by atoms with Crippen LogP contribution < -0.4 is 4.74 Å². The number of ether oxygens (including phenoxy) is 1. The van der Waals surface area contributed by atoms with Gasteiger partial charge in [0.15, 0.2) is 5.78 Å². The molecule has 1 aliphatic rings. The van der Waals surface area contributed by atoms with E-state index < -0.39 is 0 Å². The van der Waals surface area contributed by atoms with Crippen LogP contribution in [-0.2, 0) is 0 Å². The molecule has 0 spiro atoms. The van der Waals surface area contributed by atoms with E-state index in [-0.39, 0.29) is 11.8 Å². The zero-order chi connectivity index (χ0) is 14.7. The van der Waals surface area contributed by atoms with Crippen LogP contribution in [0.15, 0.2) is 24.3 Å². The first kappa shape index (κ1) is 15.0. The molecule has 110 valence electrons. The number of rotatable bonds is 5. The third-order valence-corrected chi connectivity index (χ3v) is 4.36. The number of nitrogens with zero attached hydrogens (tertiary/aromatic N) is 1. The maximum absolute atomic E-state index is 12.6. The zero-order valence-electron chi connectivity index (χ0n) is 12.9. The van der Waals surface area contributed by atoms with E-state index in [1.165, 1.54) is 12.8 Å². The number of carbonyl (C=O) groups is 1. The summed E-state index contributed by atoms with van der Waals surface area (Å²) in [6, 6.07) is 7.91. The highest BCUT2D eigenvalue weighted by atomic mass is 16.5. The van der Waals surface area contributed by atoms with Gasteiger partial charge in [0.2, 0.25) is 0 Å². The standard InChI is InChI=1S/C17H25NO2/c1-12(2)16-6-5-11-18(16)13(3)17(19)14-7-9-15(20-4)10-8-14/h7-10,12-13,16H,5-6,11H2,1-4H3. The van der Waals surface area contributed by atoms with Crippen LogP contribution in [0.4, 0.5) is 0 Å². The lowest BCUT2D eigenvalue weighted by Gasteiger charge is -2.32. The molecule has 0 aromatic heterocycles. The Morgan fingerprint density at radius 3 is 2.45 bits per heavy atom. The smallest absolute Gasteiger partial charge is 0.179 e. The van der Waals surface area contributed by atoms with E-state index in [0.29, 0.717) is 12.0 Å². The summed E-state index contributed by atoms with van der Waals surface area (Å²) in [4.78, 5) is 15.0. The molecule has 0 N–H and O–H groups in total. The number of likely N-dealkylation sites (tertiary alicyclic amines) is 1. The fourth-order valence-corrected chi connectivity index (χ4v) is 3.16. The number of carbonyl (C=O) groups excluding carboxylic acids is 1. The zero-order valence-corrected chi connectivity index (χ0v) is 12.9. The van der Waals surface area contributed by atoms with Crippen LogP contribution in [0.5, 0.6) is 5.75 Å². The third-order valence-electron chi connectivity index (χ3n) is 4.36. The Morgan fingerprint density at radius 2 is 1.90 bits per heavy atom. The van der Waals surface area contributed by atoms with E-state index in [4.69, 9.17) is 4.74 Å². The fourth-order valence-electron chi connectivity index (χ4n) is 3.16. The van der Waals surface area contributed by atoms with Crippen molar-refractivity contribution in [3.8, 4) is 5.75 Å². The molecule has 0 bridgehead atoms.